The summed E-state index contributed by atoms with van der Waals surface area (Å²) in [5.41, 5.74) is 0. The van der Waals surface area contributed by atoms with E-state index in [1.54, 1.807) is 0 Å². The molecule has 5 heteroatoms. The fraction of sp³-hybridized carbons (Fsp3) is 0.917. The predicted octanol–water partition coefficient (Wildman–Crippen LogP) is 2.51. The molecule has 96 valence electrons. The summed E-state index contributed by atoms with van der Waals surface area (Å²) in [6, 6.07) is 0. The quantitative estimate of drug-likeness (QED) is 0.832. The fourth-order valence-corrected chi connectivity index (χ4v) is 4.38. The van der Waals surface area contributed by atoms with Gasteiger partial charge in [0.15, 0.2) is 0 Å². The standard InChI is InChI=1S/C12H16F2O3/c13-12(14,11(15)16)17-10-5-6-4-9(10)8-3-1-2-7(6)8/h6-10H,1-5H2,(H,15,16). The Morgan fingerprint density at radius 1 is 1.18 bits per heavy atom. The molecule has 0 aromatic heterocycles. The van der Waals surface area contributed by atoms with Crippen molar-refractivity contribution in [1.29, 1.82) is 0 Å². The summed E-state index contributed by atoms with van der Waals surface area (Å²) < 4.78 is 30.7. The maximum atomic E-state index is 13.0. The molecule has 0 heterocycles. The van der Waals surface area contributed by atoms with Crippen LogP contribution in [-0.4, -0.2) is 23.3 Å². The Kier molecular flexibility index (Phi) is 2.44. The van der Waals surface area contributed by atoms with Gasteiger partial charge in [0.1, 0.15) is 0 Å². The predicted molar refractivity (Wildman–Crippen MR) is 54.5 cm³/mol. The minimum atomic E-state index is -4.02. The highest BCUT2D eigenvalue weighted by atomic mass is 19.3. The van der Waals surface area contributed by atoms with Crippen molar-refractivity contribution in [2.45, 2.75) is 44.3 Å². The summed E-state index contributed by atoms with van der Waals surface area (Å²) in [7, 11) is 0. The molecule has 3 aliphatic rings. The fourth-order valence-electron chi connectivity index (χ4n) is 4.38. The van der Waals surface area contributed by atoms with Crippen molar-refractivity contribution in [2.75, 3.05) is 0 Å². The first-order valence-corrected chi connectivity index (χ1v) is 6.28. The minimum Gasteiger partial charge on any atom is -0.475 e. The Morgan fingerprint density at radius 2 is 1.88 bits per heavy atom. The molecular formula is C12H16F2O3. The lowest BCUT2D eigenvalue weighted by Crippen LogP contribution is -2.40. The van der Waals surface area contributed by atoms with E-state index in [1.807, 2.05) is 0 Å². The smallest absolute Gasteiger partial charge is 0.456 e. The highest BCUT2D eigenvalue weighted by molar-refractivity contribution is 5.73. The van der Waals surface area contributed by atoms with Crippen molar-refractivity contribution in [2.24, 2.45) is 23.7 Å². The van der Waals surface area contributed by atoms with E-state index in [1.165, 1.54) is 12.8 Å². The van der Waals surface area contributed by atoms with E-state index in [0.29, 0.717) is 24.2 Å². The Labute approximate surface area is 98.1 Å². The maximum absolute atomic E-state index is 13.0. The lowest BCUT2D eigenvalue weighted by molar-refractivity contribution is -0.270. The molecule has 17 heavy (non-hydrogen) atoms. The molecule has 3 fully saturated rings. The molecule has 0 aliphatic heterocycles. The molecule has 3 saturated carbocycles. The van der Waals surface area contributed by atoms with Crippen LogP contribution in [0.25, 0.3) is 0 Å². The normalized spacial score (nSPS) is 44.0. The van der Waals surface area contributed by atoms with Crippen LogP contribution in [0.1, 0.15) is 32.1 Å². The first-order chi connectivity index (χ1) is 7.99. The Morgan fingerprint density at radius 3 is 2.59 bits per heavy atom. The summed E-state index contributed by atoms with van der Waals surface area (Å²) in [4.78, 5) is 10.4. The summed E-state index contributed by atoms with van der Waals surface area (Å²) in [6.45, 7) is 0. The number of fused-ring (bicyclic) bond motifs is 5. The monoisotopic (exact) mass is 246 g/mol. The van der Waals surface area contributed by atoms with E-state index < -0.39 is 18.2 Å². The van der Waals surface area contributed by atoms with Gasteiger partial charge in [-0.05, 0) is 49.4 Å². The Bertz CT molecular complexity index is 345. The molecule has 3 nitrogen and oxygen atoms in total. The number of hydrogen-bond donors (Lipinski definition) is 1. The van der Waals surface area contributed by atoms with Gasteiger partial charge in [0, 0.05) is 0 Å². The van der Waals surface area contributed by atoms with Crippen LogP contribution >= 0.6 is 0 Å². The zero-order chi connectivity index (χ0) is 12.2. The number of hydrogen-bond acceptors (Lipinski definition) is 2. The van der Waals surface area contributed by atoms with E-state index in [9.17, 15) is 13.6 Å². The lowest BCUT2D eigenvalue weighted by atomic mass is 9.80. The summed E-state index contributed by atoms with van der Waals surface area (Å²) in [5.74, 6) is -0.329. The molecule has 1 N–H and O–H groups in total. The summed E-state index contributed by atoms with van der Waals surface area (Å²) in [5, 5.41) is 8.38. The largest absolute Gasteiger partial charge is 0.475 e. The van der Waals surface area contributed by atoms with Gasteiger partial charge in [0.25, 0.3) is 0 Å². The highest BCUT2D eigenvalue weighted by Gasteiger charge is 2.57. The number of rotatable bonds is 3. The zero-order valence-corrected chi connectivity index (χ0v) is 9.44. The van der Waals surface area contributed by atoms with Gasteiger partial charge in [0.05, 0.1) is 6.10 Å². The molecule has 3 rings (SSSR count). The third kappa shape index (κ3) is 1.66. The SMILES string of the molecule is O=C(O)C(F)(F)OC1CC2CC1C1CCCC21. The van der Waals surface area contributed by atoms with Crippen molar-refractivity contribution in [3.63, 3.8) is 0 Å². The van der Waals surface area contributed by atoms with Crippen LogP contribution < -0.4 is 0 Å². The third-order valence-corrected chi connectivity index (χ3v) is 4.92. The van der Waals surface area contributed by atoms with E-state index in [0.717, 1.165) is 12.8 Å². The number of carboxylic acid groups (broad SMARTS) is 1. The average molecular weight is 246 g/mol. The molecule has 0 spiro atoms. The van der Waals surface area contributed by atoms with Crippen LogP contribution in [0.5, 0.6) is 0 Å². The van der Waals surface area contributed by atoms with Crippen molar-refractivity contribution >= 4 is 5.97 Å². The van der Waals surface area contributed by atoms with Gasteiger partial charge in [-0.3, -0.25) is 0 Å². The van der Waals surface area contributed by atoms with Crippen LogP contribution in [0.15, 0.2) is 0 Å². The Balaban J connectivity index is 1.70. The second-order valence-electron chi connectivity index (χ2n) is 5.63. The second kappa shape index (κ2) is 3.64. The number of carboxylic acids is 1. The topological polar surface area (TPSA) is 46.5 Å². The van der Waals surface area contributed by atoms with Gasteiger partial charge >= 0.3 is 12.1 Å². The average Bonchev–Trinajstić information content (AvgIpc) is 2.84. The Hall–Kier alpha value is -0.710. The van der Waals surface area contributed by atoms with Crippen molar-refractivity contribution in [3.05, 3.63) is 0 Å². The van der Waals surface area contributed by atoms with Gasteiger partial charge in [-0.2, -0.15) is 8.78 Å². The van der Waals surface area contributed by atoms with Gasteiger partial charge in [0.2, 0.25) is 0 Å². The van der Waals surface area contributed by atoms with Crippen LogP contribution in [0.2, 0.25) is 0 Å². The molecular weight excluding hydrogens is 230 g/mol. The van der Waals surface area contributed by atoms with Gasteiger partial charge in [-0.1, -0.05) is 6.42 Å². The molecule has 5 unspecified atom stereocenters. The maximum Gasteiger partial charge on any atom is 0.456 e. The van der Waals surface area contributed by atoms with Crippen molar-refractivity contribution in [3.8, 4) is 0 Å². The van der Waals surface area contributed by atoms with Crippen LogP contribution in [-0.2, 0) is 9.53 Å². The number of carbonyl (C=O) groups is 1. The molecule has 2 bridgehead atoms. The number of halogens is 2. The molecule has 3 aliphatic carbocycles. The van der Waals surface area contributed by atoms with Gasteiger partial charge in [-0.25, -0.2) is 4.79 Å². The van der Waals surface area contributed by atoms with E-state index in [-0.39, 0.29) is 5.92 Å². The molecule has 0 amide bonds. The number of ether oxygens (including phenoxy) is 1. The second-order valence-corrected chi connectivity index (χ2v) is 5.63. The van der Waals surface area contributed by atoms with E-state index in [4.69, 9.17) is 5.11 Å². The first kappa shape index (κ1) is 11.4. The molecule has 0 aromatic carbocycles. The minimum absolute atomic E-state index is 0.165. The third-order valence-electron chi connectivity index (χ3n) is 4.92. The molecule has 5 atom stereocenters. The van der Waals surface area contributed by atoms with Gasteiger partial charge < -0.3 is 9.84 Å². The first-order valence-electron chi connectivity index (χ1n) is 6.28. The van der Waals surface area contributed by atoms with Crippen LogP contribution in [0.3, 0.4) is 0 Å². The molecule has 0 saturated heterocycles. The summed E-state index contributed by atoms with van der Waals surface area (Å²) in [6.07, 6.45) is 0.501. The number of alkyl halides is 2. The lowest BCUT2D eigenvalue weighted by Gasteiger charge is -2.32. The summed E-state index contributed by atoms with van der Waals surface area (Å²) >= 11 is 0. The number of aliphatic carboxylic acids is 1. The van der Waals surface area contributed by atoms with Crippen molar-refractivity contribution in [1.82, 2.24) is 0 Å². The van der Waals surface area contributed by atoms with Gasteiger partial charge in [-0.15, -0.1) is 0 Å². The van der Waals surface area contributed by atoms with E-state index >= 15 is 0 Å². The molecule has 0 aromatic rings. The van der Waals surface area contributed by atoms with E-state index in [2.05, 4.69) is 4.74 Å². The van der Waals surface area contributed by atoms with Crippen LogP contribution in [0, 0.1) is 23.7 Å². The molecule has 0 radical (unpaired) electrons. The zero-order valence-electron chi connectivity index (χ0n) is 9.44. The van der Waals surface area contributed by atoms with Crippen LogP contribution in [0.4, 0.5) is 8.78 Å². The highest BCUT2D eigenvalue weighted by Crippen LogP contribution is 2.59. The van der Waals surface area contributed by atoms with Crippen molar-refractivity contribution < 1.29 is 23.4 Å².